The van der Waals surface area contributed by atoms with Gasteiger partial charge in [0.15, 0.2) is 0 Å². The number of hydrogen-bond donors (Lipinski definition) is 1. The van der Waals surface area contributed by atoms with Crippen molar-refractivity contribution in [3.05, 3.63) is 30.2 Å². The van der Waals surface area contributed by atoms with Gasteiger partial charge in [0, 0.05) is 45.3 Å². The zero-order valence-electron chi connectivity index (χ0n) is 16.2. The minimum absolute atomic E-state index is 0.355. The summed E-state index contributed by atoms with van der Waals surface area (Å²) in [6.07, 6.45) is 5.80. The van der Waals surface area contributed by atoms with Crippen LogP contribution in [0.15, 0.2) is 18.6 Å². The van der Waals surface area contributed by atoms with E-state index in [-0.39, 0.29) is 0 Å². The first-order valence-corrected chi connectivity index (χ1v) is 10.0. The Morgan fingerprint density at radius 3 is 2.96 bits per heavy atom. The fraction of sp³-hybridized carbons (Fsp3) is 0.579. The van der Waals surface area contributed by atoms with Crippen LogP contribution in [0.1, 0.15) is 30.4 Å². The van der Waals surface area contributed by atoms with Crippen LogP contribution in [0.2, 0.25) is 0 Å². The molecule has 0 aromatic carbocycles. The van der Waals surface area contributed by atoms with Crippen LogP contribution in [0.25, 0.3) is 11.0 Å². The van der Waals surface area contributed by atoms with Gasteiger partial charge in [0.1, 0.15) is 29.4 Å². The number of aromatic amines is 1. The Morgan fingerprint density at radius 1 is 1.18 bits per heavy atom. The molecule has 2 aliphatic heterocycles. The zero-order valence-corrected chi connectivity index (χ0v) is 16.2. The minimum Gasteiger partial charge on any atom is -0.379 e. The molecular formula is C19H26N8O. The maximum Gasteiger partial charge on any atom is 0.146 e. The Bertz CT molecular complexity index is 944. The molecule has 1 atom stereocenters. The van der Waals surface area contributed by atoms with Crippen LogP contribution < -0.4 is 4.90 Å². The topological polar surface area (TPSA) is 88.0 Å². The summed E-state index contributed by atoms with van der Waals surface area (Å²) in [6.45, 7) is 6.26. The molecule has 2 saturated heterocycles. The standard InChI is InChI=1S/C19H26N8O/c1-25-16(12-26-7-9-28-10-8-26)23-24-18(25)14-3-2-6-27(11-14)19-15-4-5-20-17(15)21-13-22-19/h4-5,13-14H,2-3,6-12H2,1H3,(H,20,21,22)/t14-/m0/s1. The van der Waals surface area contributed by atoms with Crippen LogP contribution in [0, 0.1) is 0 Å². The third-order valence-corrected chi connectivity index (χ3v) is 5.89. The molecule has 0 bridgehead atoms. The summed E-state index contributed by atoms with van der Waals surface area (Å²) in [6, 6.07) is 2.05. The van der Waals surface area contributed by atoms with Crippen molar-refractivity contribution in [3.8, 4) is 0 Å². The van der Waals surface area contributed by atoms with Gasteiger partial charge in [-0.25, -0.2) is 9.97 Å². The first-order chi connectivity index (χ1) is 13.8. The van der Waals surface area contributed by atoms with Gasteiger partial charge in [-0.1, -0.05) is 0 Å². The van der Waals surface area contributed by atoms with Gasteiger partial charge < -0.3 is 19.2 Å². The molecule has 0 unspecified atom stereocenters. The quantitative estimate of drug-likeness (QED) is 0.728. The van der Waals surface area contributed by atoms with E-state index >= 15 is 0 Å². The molecular weight excluding hydrogens is 356 g/mol. The monoisotopic (exact) mass is 382 g/mol. The number of hydrogen-bond acceptors (Lipinski definition) is 7. The molecule has 0 radical (unpaired) electrons. The Balaban J connectivity index is 1.34. The lowest BCUT2D eigenvalue weighted by atomic mass is 9.97. The number of morpholine rings is 1. The number of ether oxygens (including phenoxy) is 1. The second-order valence-corrected chi connectivity index (χ2v) is 7.64. The summed E-state index contributed by atoms with van der Waals surface area (Å²) in [5.74, 6) is 3.47. The van der Waals surface area contributed by atoms with Crippen molar-refractivity contribution in [1.29, 1.82) is 0 Å². The van der Waals surface area contributed by atoms with E-state index in [9.17, 15) is 0 Å². The lowest BCUT2D eigenvalue weighted by Gasteiger charge is -2.33. The third kappa shape index (κ3) is 3.24. The van der Waals surface area contributed by atoms with Crippen molar-refractivity contribution in [2.75, 3.05) is 44.3 Å². The fourth-order valence-electron chi connectivity index (χ4n) is 4.32. The SMILES string of the molecule is Cn1c(CN2CCOCC2)nnc1[C@H]1CCCN(c2ncnc3[nH]ccc23)C1. The molecule has 9 nitrogen and oxygen atoms in total. The predicted molar refractivity (Wildman–Crippen MR) is 105 cm³/mol. The molecule has 2 fully saturated rings. The molecule has 28 heavy (non-hydrogen) atoms. The average Bonchev–Trinajstić information content (AvgIpc) is 3.36. The van der Waals surface area contributed by atoms with E-state index in [0.717, 1.165) is 87.3 Å². The summed E-state index contributed by atoms with van der Waals surface area (Å²) in [5.41, 5.74) is 0.888. The number of rotatable bonds is 4. The maximum absolute atomic E-state index is 5.44. The second kappa shape index (κ2) is 7.48. The first-order valence-electron chi connectivity index (χ1n) is 10.0. The van der Waals surface area contributed by atoms with Crippen LogP contribution >= 0.6 is 0 Å². The lowest BCUT2D eigenvalue weighted by molar-refractivity contribution is 0.0326. The Hall–Kier alpha value is -2.52. The van der Waals surface area contributed by atoms with Gasteiger partial charge in [0.25, 0.3) is 0 Å². The van der Waals surface area contributed by atoms with E-state index in [1.165, 1.54) is 0 Å². The van der Waals surface area contributed by atoms with Crippen molar-refractivity contribution in [2.45, 2.75) is 25.3 Å². The lowest BCUT2D eigenvalue weighted by Crippen LogP contribution is -2.37. The van der Waals surface area contributed by atoms with E-state index in [0.29, 0.717) is 5.92 Å². The minimum atomic E-state index is 0.355. The highest BCUT2D eigenvalue weighted by Crippen LogP contribution is 2.31. The van der Waals surface area contributed by atoms with Crippen LogP contribution in [0.3, 0.4) is 0 Å². The number of nitrogens with zero attached hydrogens (tertiary/aromatic N) is 7. The molecule has 2 aliphatic rings. The zero-order chi connectivity index (χ0) is 18.9. The van der Waals surface area contributed by atoms with Crippen molar-refractivity contribution < 1.29 is 4.74 Å². The molecule has 0 spiro atoms. The van der Waals surface area contributed by atoms with Gasteiger partial charge in [-0.2, -0.15) is 0 Å². The van der Waals surface area contributed by atoms with E-state index in [1.54, 1.807) is 6.33 Å². The first kappa shape index (κ1) is 17.6. The van der Waals surface area contributed by atoms with Crippen LogP contribution in [-0.2, 0) is 18.3 Å². The maximum atomic E-state index is 5.44. The average molecular weight is 382 g/mol. The summed E-state index contributed by atoms with van der Waals surface area (Å²) < 4.78 is 7.63. The molecule has 9 heteroatoms. The van der Waals surface area contributed by atoms with E-state index in [2.05, 4.69) is 52.6 Å². The predicted octanol–water partition coefficient (Wildman–Crippen LogP) is 1.30. The van der Waals surface area contributed by atoms with Crippen molar-refractivity contribution in [2.24, 2.45) is 7.05 Å². The number of aromatic nitrogens is 6. The van der Waals surface area contributed by atoms with Crippen molar-refractivity contribution in [3.63, 3.8) is 0 Å². The van der Waals surface area contributed by atoms with Crippen molar-refractivity contribution >= 4 is 16.9 Å². The molecule has 1 N–H and O–H groups in total. The van der Waals surface area contributed by atoms with Crippen molar-refractivity contribution in [1.82, 2.24) is 34.6 Å². The van der Waals surface area contributed by atoms with E-state index < -0.39 is 0 Å². The fourth-order valence-corrected chi connectivity index (χ4v) is 4.32. The highest BCUT2D eigenvalue weighted by molar-refractivity contribution is 5.87. The Kier molecular flexibility index (Phi) is 4.69. The highest BCUT2D eigenvalue weighted by Gasteiger charge is 2.28. The third-order valence-electron chi connectivity index (χ3n) is 5.89. The van der Waals surface area contributed by atoms with Crippen LogP contribution in [0.5, 0.6) is 0 Å². The Morgan fingerprint density at radius 2 is 2.07 bits per heavy atom. The molecule has 3 aromatic rings. The summed E-state index contributed by atoms with van der Waals surface area (Å²) in [4.78, 5) is 16.8. The number of piperidine rings is 1. The van der Waals surface area contributed by atoms with Gasteiger partial charge in [-0.3, -0.25) is 4.90 Å². The van der Waals surface area contributed by atoms with Gasteiger partial charge in [0.05, 0.1) is 25.1 Å². The van der Waals surface area contributed by atoms with E-state index in [4.69, 9.17) is 4.74 Å². The van der Waals surface area contributed by atoms with Gasteiger partial charge in [-0.15, -0.1) is 10.2 Å². The smallest absolute Gasteiger partial charge is 0.146 e. The summed E-state index contributed by atoms with van der Waals surface area (Å²) in [5, 5.41) is 10.2. The number of nitrogens with one attached hydrogen (secondary N) is 1. The number of anilines is 1. The molecule has 148 valence electrons. The molecule has 5 heterocycles. The molecule has 0 amide bonds. The molecule has 0 saturated carbocycles. The second-order valence-electron chi connectivity index (χ2n) is 7.64. The highest BCUT2D eigenvalue weighted by atomic mass is 16.5. The molecule has 3 aromatic heterocycles. The van der Waals surface area contributed by atoms with E-state index in [1.807, 2.05) is 6.20 Å². The van der Waals surface area contributed by atoms with Crippen LogP contribution in [0.4, 0.5) is 5.82 Å². The van der Waals surface area contributed by atoms with Crippen LogP contribution in [-0.4, -0.2) is 74.0 Å². The van der Waals surface area contributed by atoms with Gasteiger partial charge >= 0.3 is 0 Å². The Labute approximate surface area is 163 Å². The largest absolute Gasteiger partial charge is 0.379 e. The van der Waals surface area contributed by atoms with Gasteiger partial charge in [0.2, 0.25) is 0 Å². The van der Waals surface area contributed by atoms with Gasteiger partial charge in [-0.05, 0) is 18.9 Å². The summed E-state index contributed by atoms with van der Waals surface area (Å²) in [7, 11) is 2.10. The normalized spacial score (nSPS) is 21.5. The molecule has 5 rings (SSSR count). The summed E-state index contributed by atoms with van der Waals surface area (Å²) >= 11 is 0. The number of H-pyrrole nitrogens is 1. The molecule has 0 aliphatic carbocycles. The number of fused-ring (bicyclic) bond motifs is 1.